The van der Waals surface area contributed by atoms with Crippen molar-refractivity contribution >= 4 is 21.6 Å². The minimum atomic E-state index is -3.36. The number of nitrogens with zero attached hydrogens (tertiary/aromatic N) is 1. The fraction of sp³-hybridized carbons (Fsp3) is 0.476. The van der Waals surface area contributed by atoms with Crippen molar-refractivity contribution in [1.29, 1.82) is 0 Å². The molecule has 1 aliphatic rings. The van der Waals surface area contributed by atoms with Crippen molar-refractivity contribution in [2.24, 2.45) is 5.92 Å². The standard InChI is InChI=1S/C21H29N3O3S/c1-21(2,3)28(26,27)23-18-8-6-16(7-9-18)20(25)22-17-10-12-19(13-11-17)24-14-4-5-15-24/h4-5,10-16,18,23H,6-9H2,1-3H3,(H,22,25)/t16-,18-. The first-order valence-electron chi connectivity index (χ1n) is 9.72. The summed E-state index contributed by atoms with van der Waals surface area (Å²) in [5.74, 6) is -0.0784. The van der Waals surface area contributed by atoms with Crippen LogP contribution in [0.4, 0.5) is 5.69 Å². The summed E-state index contributed by atoms with van der Waals surface area (Å²) in [7, 11) is -3.36. The number of sulfonamides is 1. The van der Waals surface area contributed by atoms with Crippen LogP contribution in [-0.4, -0.2) is 29.7 Å². The van der Waals surface area contributed by atoms with Crippen LogP contribution in [0.2, 0.25) is 0 Å². The van der Waals surface area contributed by atoms with Gasteiger partial charge in [-0.05, 0) is 82.9 Å². The molecule has 7 heteroatoms. The van der Waals surface area contributed by atoms with E-state index >= 15 is 0 Å². The summed E-state index contributed by atoms with van der Waals surface area (Å²) in [6, 6.07) is 11.6. The van der Waals surface area contributed by atoms with Crippen LogP contribution < -0.4 is 10.0 Å². The second-order valence-electron chi connectivity index (χ2n) is 8.41. The number of carbonyl (C=O) groups excluding carboxylic acids is 1. The Bertz CT molecular complexity index is 889. The van der Waals surface area contributed by atoms with E-state index < -0.39 is 14.8 Å². The zero-order chi connectivity index (χ0) is 20.4. The topological polar surface area (TPSA) is 80.2 Å². The Morgan fingerprint density at radius 1 is 1.00 bits per heavy atom. The Kier molecular flexibility index (Phi) is 5.95. The minimum absolute atomic E-state index is 0.00541. The van der Waals surface area contributed by atoms with Crippen molar-refractivity contribution in [2.45, 2.75) is 57.2 Å². The molecule has 28 heavy (non-hydrogen) atoms. The van der Waals surface area contributed by atoms with Crippen molar-refractivity contribution in [3.63, 3.8) is 0 Å². The molecule has 3 rings (SSSR count). The van der Waals surface area contributed by atoms with E-state index in [0.29, 0.717) is 25.7 Å². The zero-order valence-electron chi connectivity index (χ0n) is 16.7. The molecule has 1 heterocycles. The van der Waals surface area contributed by atoms with Crippen molar-refractivity contribution in [2.75, 3.05) is 5.32 Å². The number of aromatic nitrogens is 1. The SMILES string of the molecule is CC(C)(C)S(=O)(=O)N[C@H]1CC[C@H](C(=O)Nc2ccc(-n3cccc3)cc2)CC1. The monoisotopic (exact) mass is 403 g/mol. The van der Waals surface area contributed by atoms with E-state index in [1.807, 2.05) is 53.4 Å². The summed E-state index contributed by atoms with van der Waals surface area (Å²) >= 11 is 0. The summed E-state index contributed by atoms with van der Waals surface area (Å²) in [6.45, 7) is 5.07. The van der Waals surface area contributed by atoms with Crippen LogP contribution >= 0.6 is 0 Å². The number of carbonyl (C=O) groups is 1. The van der Waals surface area contributed by atoms with E-state index in [9.17, 15) is 13.2 Å². The molecule has 2 N–H and O–H groups in total. The lowest BCUT2D eigenvalue weighted by atomic mass is 9.86. The van der Waals surface area contributed by atoms with E-state index in [2.05, 4.69) is 10.0 Å². The summed E-state index contributed by atoms with van der Waals surface area (Å²) in [6.07, 6.45) is 6.68. The van der Waals surface area contributed by atoms with Gasteiger partial charge in [0.1, 0.15) is 0 Å². The number of benzene rings is 1. The second kappa shape index (κ2) is 8.09. The van der Waals surface area contributed by atoms with Gasteiger partial charge in [-0.25, -0.2) is 13.1 Å². The van der Waals surface area contributed by atoms with Gasteiger partial charge in [-0.2, -0.15) is 0 Å². The maximum absolute atomic E-state index is 12.6. The highest BCUT2D eigenvalue weighted by Gasteiger charge is 2.34. The molecular formula is C21H29N3O3S. The van der Waals surface area contributed by atoms with Gasteiger partial charge in [0, 0.05) is 35.7 Å². The smallest absolute Gasteiger partial charge is 0.227 e. The summed E-state index contributed by atoms with van der Waals surface area (Å²) in [4.78, 5) is 12.6. The molecule has 0 aliphatic heterocycles. The molecule has 152 valence electrons. The normalized spacial score (nSPS) is 20.7. The van der Waals surface area contributed by atoms with Crippen LogP contribution in [0.15, 0.2) is 48.8 Å². The largest absolute Gasteiger partial charge is 0.326 e. The number of rotatable bonds is 5. The van der Waals surface area contributed by atoms with Crippen LogP contribution in [-0.2, 0) is 14.8 Å². The number of anilines is 1. The Hall–Kier alpha value is -2.12. The van der Waals surface area contributed by atoms with Gasteiger partial charge in [0.25, 0.3) is 0 Å². The van der Waals surface area contributed by atoms with Crippen LogP contribution in [0.25, 0.3) is 5.69 Å². The van der Waals surface area contributed by atoms with Gasteiger partial charge >= 0.3 is 0 Å². The van der Waals surface area contributed by atoms with Gasteiger partial charge in [0.2, 0.25) is 15.9 Å². The lowest BCUT2D eigenvalue weighted by Crippen LogP contribution is -2.46. The molecule has 2 aromatic rings. The summed E-state index contributed by atoms with van der Waals surface area (Å²) < 4.78 is 28.6. The Balaban J connectivity index is 1.51. The minimum Gasteiger partial charge on any atom is -0.326 e. The molecule has 1 amide bonds. The third kappa shape index (κ3) is 4.83. The predicted octanol–water partition coefficient (Wildman–Crippen LogP) is 3.69. The highest BCUT2D eigenvalue weighted by molar-refractivity contribution is 7.90. The quantitative estimate of drug-likeness (QED) is 0.799. The third-order valence-electron chi connectivity index (χ3n) is 5.26. The first-order valence-corrected chi connectivity index (χ1v) is 11.2. The lowest BCUT2D eigenvalue weighted by Gasteiger charge is -2.30. The molecule has 1 aromatic carbocycles. The van der Waals surface area contributed by atoms with Crippen molar-refractivity contribution in [1.82, 2.24) is 9.29 Å². The van der Waals surface area contributed by atoms with Gasteiger partial charge in [0.15, 0.2) is 0 Å². The first kappa shape index (κ1) is 20.6. The van der Waals surface area contributed by atoms with Crippen LogP contribution in [0.1, 0.15) is 46.5 Å². The highest BCUT2D eigenvalue weighted by atomic mass is 32.2. The number of hydrogen-bond acceptors (Lipinski definition) is 3. The van der Waals surface area contributed by atoms with Gasteiger partial charge in [-0.3, -0.25) is 4.79 Å². The molecule has 1 aliphatic carbocycles. The maximum atomic E-state index is 12.6. The van der Waals surface area contributed by atoms with E-state index in [0.717, 1.165) is 11.4 Å². The molecular weight excluding hydrogens is 374 g/mol. The summed E-state index contributed by atoms with van der Waals surface area (Å²) in [5, 5.41) is 2.98. The highest BCUT2D eigenvalue weighted by Crippen LogP contribution is 2.27. The van der Waals surface area contributed by atoms with Crippen LogP contribution in [0.3, 0.4) is 0 Å². The molecule has 1 saturated carbocycles. The lowest BCUT2D eigenvalue weighted by molar-refractivity contribution is -0.120. The Morgan fingerprint density at radius 2 is 1.57 bits per heavy atom. The Morgan fingerprint density at radius 3 is 2.11 bits per heavy atom. The average Bonchev–Trinajstić information content (AvgIpc) is 3.16. The molecule has 1 fully saturated rings. The van der Waals surface area contributed by atoms with Crippen molar-refractivity contribution < 1.29 is 13.2 Å². The number of nitrogens with one attached hydrogen (secondary N) is 2. The molecule has 1 aromatic heterocycles. The molecule has 0 atom stereocenters. The van der Waals surface area contributed by atoms with Gasteiger partial charge in [-0.1, -0.05) is 0 Å². The second-order valence-corrected chi connectivity index (χ2v) is 10.9. The predicted molar refractivity (Wildman–Crippen MR) is 112 cm³/mol. The van der Waals surface area contributed by atoms with Crippen LogP contribution in [0.5, 0.6) is 0 Å². The van der Waals surface area contributed by atoms with Crippen LogP contribution in [0, 0.1) is 5.92 Å². The number of amides is 1. The van der Waals surface area contributed by atoms with E-state index in [1.165, 1.54) is 0 Å². The third-order valence-corrected chi connectivity index (χ3v) is 7.52. The molecule has 0 spiro atoms. The van der Waals surface area contributed by atoms with E-state index in [4.69, 9.17) is 0 Å². The Labute approximate surface area is 167 Å². The molecule has 0 saturated heterocycles. The summed E-state index contributed by atoms with van der Waals surface area (Å²) in [5.41, 5.74) is 1.81. The van der Waals surface area contributed by atoms with Gasteiger partial charge in [-0.15, -0.1) is 0 Å². The number of hydrogen-bond donors (Lipinski definition) is 2. The maximum Gasteiger partial charge on any atom is 0.227 e. The van der Waals surface area contributed by atoms with E-state index in [-0.39, 0.29) is 17.9 Å². The molecule has 6 nitrogen and oxygen atoms in total. The van der Waals surface area contributed by atoms with Gasteiger partial charge < -0.3 is 9.88 Å². The van der Waals surface area contributed by atoms with Crippen molar-refractivity contribution in [3.05, 3.63) is 48.8 Å². The molecule has 0 unspecified atom stereocenters. The fourth-order valence-electron chi connectivity index (χ4n) is 3.34. The first-order chi connectivity index (χ1) is 13.2. The fourth-order valence-corrected chi connectivity index (χ4v) is 4.37. The average molecular weight is 404 g/mol. The van der Waals surface area contributed by atoms with Crippen molar-refractivity contribution in [3.8, 4) is 5.69 Å². The van der Waals surface area contributed by atoms with Gasteiger partial charge in [0.05, 0.1) is 4.75 Å². The molecule has 0 radical (unpaired) electrons. The molecule has 0 bridgehead atoms. The zero-order valence-corrected chi connectivity index (χ0v) is 17.5. The van der Waals surface area contributed by atoms with E-state index in [1.54, 1.807) is 20.8 Å².